The molecule has 0 atom stereocenters. The number of carbonyl (C=O) groups is 2. The van der Waals surface area contributed by atoms with Gasteiger partial charge < -0.3 is 14.8 Å². The largest absolute Gasteiger partial charge is 0.495 e. The highest BCUT2D eigenvalue weighted by Crippen LogP contribution is 2.41. The van der Waals surface area contributed by atoms with Crippen LogP contribution in [0.25, 0.3) is 0 Å². The number of hydrogen-bond donors (Lipinski definition) is 1. The van der Waals surface area contributed by atoms with Gasteiger partial charge in [-0.3, -0.25) is 9.59 Å². The minimum atomic E-state index is -0.518. The normalized spacial score (nSPS) is 13.5. The summed E-state index contributed by atoms with van der Waals surface area (Å²) >= 11 is 13.3. The summed E-state index contributed by atoms with van der Waals surface area (Å²) in [6.45, 7) is 2.45. The number of thioether (sulfide) groups is 1. The average molecular weight is 515 g/mol. The van der Waals surface area contributed by atoms with Crippen molar-refractivity contribution < 1.29 is 19.1 Å². The Bertz CT molecular complexity index is 1260. The third kappa shape index (κ3) is 5.01. The lowest BCUT2D eigenvalue weighted by atomic mass is 10.2. The third-order valence-electron chi connectivity index (χ3n) is 4.89. The van der Waals surface area contributed by atoms with Crippen LogP contribution in [0.2, 0.25) is 10.0 Å². The van der Waals surface area contributed by atoms with Crippen molar-refractivity contribution in [3.63, 3.8) is 0 Å². The van der Waals surface area contributed by atoms with E-state index in [1.165, 1.54) is 24.9 Å². The predicted molar refractivity (Wildman–Crippen MR) is 136 cm³/mol. The first-order chi connectivity index (χ1) is 16.4. The lowest BCUT2D eigenvalue weighted by Crippen LogP contribution is -2.32. The van der Waals surface area contributed by atoms with Gasteiger partial charge in [0.25, 0.3) is 11.8 Å². The summed E-state index contributed by atoms with van der Waals surface area (Å²) < 4.78 is 10.9. The molecule has 1 heterocycles. The quantitative estimate of drug-likeness (QED) is 0.351. The van der Waals surface area contributed by atoms with Gasteiger partial charge in [0.1, 0.15) is 22.1 Å². The highest BCUT2D eigenvalue weighted by atomic mass is 35.5. The zero-order chi connectivity index (χ0) is 24.2. The molecule has 0 radical (unpaired) electrons. The van der Waals surface area contributed by atoms with E-state index in [2.05, 4.69) is 5.32 Å². The topological polar surface area (TPSA) is 67.9 Å². The van der Waals surface area contributed by atoms with Crippen molar-refractivity contribution in [3.8, 4) is 11.5 Å². The average Bonchev–Trinajstić information content (AvgIpc) is 3.05. The van der Waals surface area contributed by atoms with E-state index in [-0.39, 0.29) is 16.3 Å². The number of ether oxygens (including phenoxy) is 2. The molecule has 1 aliphatic rings. The minimum absolute atomic E-state index is 0.149. The van der Waals surface area contributed by atoms with Gasteiger partial charge in [-0.15, -0.1) is 0 Å². The maximum Gasteiger partial charge on any atom is 0.283 e. The SMILES string of the molecule is CCOc1ccc(NC2=C(Sc3ccc(Cl)cc3)C(=O)N(c3cc(Cl)ccc3OC)C2=O)cc1. The van der Waals surface area contributed by atoms with Gasteiger partial charge in [0.15, 0.2) is 0 Å². The second-order valence-corrected chi connectivity index (χ2v) is 9.06. The Morgan fingerprint density at radius 2 is 1.59 bits per heavy atom. The summed E-state index contributed by atoms with van der Waals surface area (Å²) in [6.07, 6.45) is 0. The zero-order valence-electron chi connectivity index (χ0n) is 18.3. The first-order valence-electron chi connectivity index (χ1n) is 10.3. The Labute approximate surface area is 211 Å². The van der Waals surface area contributed by atoms with Gasteiger partial charge in [-0.05, 0) is 73.7 Å². The molecule has 1 N–H and O–H groups in total. The van der Waals surface area contributed by atoms with Gasteiger partial charge in [0.05, 0.1) is 19.4 Å². The molecule has 4 rings (SSSR count). The zero-order valence-corrected chi connectivity index (χ0v) is 20.6. The second-order valence-electron chi connectivity index (χ2n) is 7.10. The molecule has 0 bridgehead atoms. The first-order valence-corrected chi connectivity index (χ1v) is 11.9. The van der Waals surface area contributed by atoms with Crippen LogP contribution in [0.15, 0.2) is 82.2 Å². The van der Waals surface area contributed by atoms with Crippen molar-refractivity contribution in [3.05, 3.63) is 87.4 Å². The predicted octanol–water partition coefficient (Wildman–Crippen LogP) is 6.39. The number of halogens is 2. The van der Waals surface area contributed by atoms with Crippen LogP contribution in [0.4, 0.5) is 11.4 Å². The molecule has 0 saturated carbocycles. The Kier molecular flexibility index (Phi) is 7.36. The number of amides is 2. The van der Waals surface area contributed by atoms with Crippen molar-refractivity contribution in [2.45, 2.75) is 11.8 Å². The van der Waals surface area contributed by atoms with Gasteiger partial charge >= 0.3 is 0 Å². The molecule has 0 unspecified atom stereocenters. The van der Waals surface area contributed by atoms with Gasteiger partial charge in [0, 0.05) is 20.6 Å². The lowest BCUT2D eigenvalue weighted by Gasteiger charge is -2.18. The number of benzene rings is 3. The van der Waals surface area contributed by atoms with Crippen molar-refractivity contribution in [1.82, 2.24) is 0 Å². The molecule has 0 aliphatic carbocycles. The number of methoxy groups -OCH3 is 1. The van der Waals surface area contributed by atoms with Gasteiger partial charge in [-0.1, -0.05) is 35.0 Å². The first kappa shape index (κ1) is 24.0. The second kappa shape index (κ2) is 10.4. The third-order valence-corrected chi connectivity index (χ3v) is 6.47. The number of hydrogen-bond acceptors (Lipinski definition) is 6. The van der Waals surface area contributed by atoms with E-state index in [1.54, 1.807) is 60.7 Å². The van der Waals surface area contributed by atoms with E-state index in [1.807, 2.05) is 6.92 Å². The van der Waals surface area contributed by atoms with Crippen LogP contribution < -0.4 is 19.7 Å². The van der Waals surface area contributed by atoms with E-state index >= 15 is 0 Å². The van der Waals surface area contributed by atoms with Crippen molar-refractivity contribution >= 4 is 58.2 Å². The molecular weight excluding hydrogens is 495 g/mol. The molecule has 3 aromatic rings. The number of nitrogens with one attached hydrogen (secondary N) is 1. The van der Waals surface area contributed by atoms with Crippen LogP contribution in [0, 0.1) is 0 Å². The minimum Gasteiger partial charge on any atom is -0.495 e. The number of rotatable bonds is 8. The molecule has 0 fully saturated rings. The number of anilines is 2. The van der Waals surface area contributed by atoms with E-state index in [9.17, 15) is 9.59 Å². The summed E-state index contributed by atoms with van der Waals surface area (Å²) in [5.41, 5.74) is 1.05. The Morgan fingerprint density at radius 3 is 2.24 bits per heavy atom. The van der Waals surface area contributed by atoms with E-state index in [4.69, 9.17) is 32.7 Å². The molecule has 34 heavy (non-hydrogen) atoms. The number of imide groups is 1. The maximum atomic E-state index is 13.6. The standard InChI is InChI=1S/C25H20Cl2N2O4S/c1-3-33-18-9-7-17(8-10-18)28-22-23(34-19-11-4-15(26)5-12-19)25(31)29(24(22)30)20-14-16(27)6-13-21(20)32-2/h4-14,28H,3H2,1-2H3. The Balaban J connectivity index is 1.74. The van der Waals surface area contributed by atoms with Crippen LogP contribution in [-0.2, 0) is 9.59 Å². The number of carbonyl (C=O) groups excluding carboxylic acids is 2. The van der Waals surface area contributed by atoms with Crippen molar-refractivity contribution in [1.29, 1.82) is 0 Å². The molecule has 3 aromatic carbocycles. The summed E-state index contributed by atoms with van der Waals surface area (Å²) in [4.78, 5) is 29.2. The number of nitrogens with zero attached hydrogens (tertiary/aromatic N) is 1. The summed E-state index contributed by atoms with van der Waals surface area (Å²) in [5.74, 6) is 0.0519. The monoisotopic (exact) mass is 514 g/mol. The fourth-order valence-corrected chi connectivity index (χ4v) is 4.56. The van der Waals surface area contributed by atoms with Gasteiger partial charge in [-0.25, -0.2) is 4.90 Å². The molecule has 0 aromatic heterocycles. The maximum absolute atomic E-state index is 13.6. The molecule has 1 aliphatic heterocycles. The Morgan fingerprint density at radius 1 is 0.912 bits per heavy atom. The highest BCUT2D eigenvalue weighted by Gasteiger charge is 2.41. The summed E-state index contributed by atoms with van der Waals surface area (Å²) in [7, 11) is 1.47. The van der Waals surface area contributed by atoms with Crippen LogP contribution in [0.1, 0.15) is 6.92 Å². The fourth-order valence-electron chi connectivity index (χ4n) is 3.34. The molecule has 174 valence electrons. The van der Waals surface area contributed by atoms with Crippen LogP contribution in [0.5, 0.6) is 11.5 Å². The molecule has 2 amide bonds. The highest BCUT2D eigenvalue weighted by molar-refractivity contribution is 8.04. The smallest absolute Gasteiger partial charge is 0.283 e. The van der Waals surface area contributed by atoms with E-state index in [0.717, 1.165) is 9.80 Å². The van der Waals surface area contributed by atoms with Gasteiger partial charge in [-0.2, -0.15) is 0 Å². The van der Waals surface area contributed by atoms with Crippen molar-refractivity contribution in [2.75, 3.05) is 23.9 Å². The van der Waals surface area contributed by atoms with Crippen molar-refractivity contribution in [2.24, 2.45) is 0 Å². The van der Waals surface area contributed by atoms with E-state index < -0.39 is 11.8 Å². The fraction of sp³-hybridized carbons (Fsp3) is 0.120. The van der Waals surface area contributed by atoms with Gasteiger partial charge in [0.2, 0.25) is 0 Å². The van der Waals surface area contributed by atoms with E-state index in [0.29, 0.717) is 33.8 Å². The van der Waals surface area contributed by atoms with Crippen LogP contribution in [-0.4, -0.2) is 25.5 Å². The molecule has 0 spiro atoms. The molecule has 9 heteroatoms. The molecule has 0 saturated heterocycles. The summed E-state index contributed by atoms with van der Waals surface area (Å²) in [5, 5.41) is 4.06. The molecule has 6 nitrogen and oxygen atoms in total. The summed E-state index contributed by atoms with van der Waals surface area (Å²) in [6, 6.07) is 18.9. The Hall–Kier alpha value is -3.13. The van der Waals surface area contributed by atoms with Crippen LogP contribution >= 0.6 is 35.0 Å². The van der Waals surface area contributed by atoms with Crippen LogP contribution in [0.3, 0.4) is 0 Å². The molecular formula is C25H20Cl2N2O4S. The lowest BCUT2D eigenvalue weighted by molar-refractivity contribution is -0.120.